The first kappa shape index (κ1) is 23.7. The predicted octanol–water partition coefficient (Wildman–Crippen LogP) is 1.01. The molecule has 0 aliphatic carbocycles. The van der Waals surface area contributed by atoms with E-state index in [1.54, 1.807) is 29.2 Å². The summed E-state index contributed by atoms with van der Waals surface area (Å²) in [4.78, 5) is 52.3. The number of piperidine rings is 1. The zero-order valence-electron chi connectivity index (χ0n) is 18.5. The molecule has 2 aliphatic rings. The summed E-state index contributed by atoms with van der Waals surface area (Å²) in [7, 11) is 0. The van der Waals surface area contributed by atoms with Crippen molar-refractivity contribution in [2.24, 2.45) is 0 Å². The molecular formula is C23H31N3O6. The molecule has 0 bridgehead atoms. The van der Waals surface area contributed by atoms with Crippen molar-refractivity contribution >= 4 is 23.6 Å². The number of unbranched alkanes of at least 4 members (excludes halogenated alkanes) is 1. The quantitative estimate of drug-likeness (QED) is 0.248. The van der Waals surface area contributed by atoms with Crippen LogP contribution in [0.4, 0.5) is 0 Å². The second-order valence-electron chi connectivity index (χ2n) is 8.02. The second-order valence-corrected chi connectivity index (χ2v) is 8.02. The summed E-state index contributed by atoms with van der Waals surface area (Å²) in [6, 6.07) is 6.43. The van der Waals surface area contributed by atoms with Crippen LogP contribution in [-0.4, -0.2) is 85.3 Å². The SMILES string of the molecule is CCCCOC(=O)COc1ccc(C(=O)CN2CCN(C3CCNCC3)C(=O)C2=O)cc1. The third kappa shape index (κ3) is 6.29. The molecule has 9 heteroatoms. The number of Topliss-reactive ketones (excluding diaryl/α,β-unsaturated/α-hetero) is 1. The van der Waals surface area contributed by atoms with E-state index in [4.69, 9.17) is 9.47 Å². The molecule has 1 N–H and O–H groups in total. The van der Waals surface area contributed by atoms with Gasteiger partial charge in [0.05, 0.1) is 13.2 Å². The normalized spacial score (nSPS) is 17.4. The molecule has 0 spiro atoms. The maximum Gasteiger partial charge on any atom is 0.344 e. The molecular weight excluding hydrogens is 414 g/mol. The van der Waals surface area contributed by atoms with Gasteiger partial charge in [0.25, 0.3) is 0 Å². The molecule has 2 aliphatic heterocycles. The van der Waals surface area contributed by atoms with Gasteiger partial charge in [0, 0.05) is 24.7 Å². The summed E-state index contributed by atoms with van der Waals surface area (Å²) in [6.07, 6.45) is 3.42. The van der Waals surface area contributed by atoms with Crippen molar-refractivity contribution < 1.29 is 28.7 Å². The Hall–Kier alpha value is -2.94. The first-order valence-corrected chi connectivity index (χ1v) is 11.2. The molecule has 2 heterocycles. The van der Waals surface area contributed by atoms with Gasteiger partial charge in [-0.3, -0.25) is 14.4 Å². The molecule has 2 fully saturated rings. The highest BCUT2D eigenvalue weighted by Gasteiger charge is 2.37. The number of ketones is 1. The summed E-state index contributed by atoms with van der Waals surface area (Å²) in [5.41, 5.74) is 0.406. The molecule has 0 aromatic heterocycles. The molecule has 1 aromatic rings. The number of nitrogens with zero attached hydrogens (tertiary/aromatic N) is 2. The highest BCUT2D eigenvalue weighted by molar-refractivity contribution is 6.35. The van der Waals surface area contributed by atoms with Gasteiger partial charge < -0.3 is 24.6 Å². The summed E-state index contributed by atoms with van der Waals surface area (Å²) >= 11 is 0. The number of carbonyl (C=O) groups is 4. The van der Waals surface area contributed by atoms with Crippen LogP contribution in [0.5, 0.6) is 5.75 Å². The van der Waals surface area contributed by atoms with Crippen molar-refractivity contribution in [3.63, 3.8) is 0 Å². The van der Waals surface area contributed by atoms with Crippen molar-refractivity contribution in [2.75, 3.05) is 45.9 Å². The zero-order valence-corrected chi connectivity index (χ0v) is 18.5. The van der Waals surface area contributed by atoms with Crippen molar-refractivity contribution in [2.45, 2.75) is 38.6 Å². The summed E-state index contributed by atoms with van der Waals surface area (Å²) in [6.45, 7) is 4.51. The molecule has 3 rings (SSSR count). The minimum atomic E-state index is -0.621. The number of nitrogens with one attached hydrogen (secondary N) is 1. The van der Waals surface area contributed by atoms with Crippen LogP contribution < -0.4 is 10.1 Å². The third-order valence-electron chi connectivity index (χ3n) is 5.72. The fourth-order valence-corrected chi connectivity index (χ4v) is 3.82. The Morgan fingerprint density at radius 3 is 2.47 bits per heavy atom. The Bertz CT molecular complexity index is 820. The van der Waals surface area contributed by atoms with Gasteiger partial charge in [-0.1, -0.05) is 13.3 Å². The van der Waals surface area contributed by atoms with Crippen LogP contribution in [0, 0.1) is 0 Å². The molecule has 0 unspecified atom stereocenters. The number of ether oxygens (including phenoxy) is 2. The molecule has 0 radical (unpaired) electrons. The van der Waals surface area contributed by atoms with Crippen LogP contribution in [0.2, 0.25) is 0 Å². The van der Waals surface area contributed by atoms with E-state index in [-0.39, 0.29) is 25.0 Å². The van der Waals surface area contributed by atoms with Gasteiger partial charge in [0.15, 0.2) is 12.4 Å². The topological polar surface area (TPSA) is 105 Å². The maximum atomic E-state index is 12.6. The van der Waals surface area contributed by atoms with Crippen LogP contribution in [0.25, 0.3) is 0 Å². The Labute approximate surface area is 188 Å². The number of rotatable bonds is 10. The van der Waals surface area contributed by atoms with Gasteiger partial charge in [-0.05, 0) is 56.6 Å². The number of amides is 2. The van der Waals surface area contributed by atoms with Gasteiger partial charge in [0.1, 0.15) is 5.75 Å². The van der Waals surface area contributed by atoms with E-state index in [9.17, 15) is 19.2 Å². The van der Waals surface area contributed by atoms with E-state index in [2.05, 4.69) is 5.32 Å². The van der Waals surface area contributed by atoms with Gasteiger partial charge in [-0.25, -0.2) is 4.79 Å². The predicted molar refractivity (Wildman–Crippen MR) is 116 cm³/mol. The van der Waals surface area contributed by atoms with E-state index in [1.165, 1.54) is 4.90 Å². The molecule has 0 saturated carbocycles. The van der Waals surface area contributed by atoms with Crippen molar-refractivity contribution in [1.82, 2.24) is 15.1 Å². The lowest BCUT2D eigenvalue weighted by atomic mass is 10.0. The fourth-order valence-electron chi connectivity index (χ4n) is 3.82. The van der Waals surface area contributed by atoms with Gasteiger partial charge >= 0.3 is 17.8 Å². The Morgan fingerprint density at radius 1 is 1.06 bits per heavy atom. The molecule has 0 atom stereocenters. The Kier molecular flexibility index (Phi) is 8.61. The number of benzene rings is 1. The third-order valence-corrected chi connectivity index (χ3v) is 5.72. The minimum Gasteiger partial charge on any atom is -0.482 e. The molecule has 2 amide bonds. The number of hydrogen-bond acceptors (Lipinski definition) is 7. The minimum absolute atomic E-state index is 0.0852. The standard InChI is InChI=1S/C23H31N3O6/c1-2-3-14-31-21(28)16-32-19-6-4-17(5-7-19)20(27)15-25-12-13-26(23(30)22(25)29)18-8-10-24-11-9-18/h4-7,18,24H,2-3,8-16H2,1H3. The van der Waals surface area contributed by atoms with E-state index in [1.807, 2.05) is 6.92 Å². The van der Waals surface area contributed by atoms with Crippen LogP contribution in [-0.2, 0) is 19.1 Å². The zero-order chi connectivity index (χ0) is 22.9. The Morgan fingerprint density at radius 2 is 1.78 bits per heavy atom. The monoisotopic (exact) mass is 445 g/mol. The maximum absolute atomic E-state index is 12.6. The van der Waals surface area contributed by atoms with E-state index in [0.717, 1.165) is 38.8 Å². The van der Waals surface area contributed by atoms with Gasteiger partial charge in [0.2, 0.25) is 0 Å². The average molecular weight is 446 g/mol. The van der Waals surface area contributed by atoms with Gasteiger partial charge in [-0.2, -0.15) is 0 Å². The van der Waals surface area contributed by atoms with Crippen molar-refractivity contribution in [3.05, 3.63) is 29.8 Å². The van der Waals surface area contributed by atoms with Crippen molar-refractivity contribution in [3.8, 4) is 5.75 Å². The molecule has 174 valence electrons. The summed E-state index contributed by atoms with van der Waals surface area (Å²) in [5, 5.41) is 3.25. The smallest absolute Gasteiger partial charge is 0.344 e. The van der Waals surface area contributed by atoms with Crippen LogP contribution >= 0.6 is 0 Å². The summed E-state index contributed by atoms with van der Waals surface area (Å²) in [5.74, 6) is -1.40. The van der Waals surface area contributed by atoms with Crippen LogP contribution in [0.3, 0.4) is 0 Å². The largest absolute Gasteiger partial charge is 0.482 e. The first-order valence-electron chi connectivity index (χ1n) is 11.2. The second kappa shape index (κ2) is 11.6. The lowest BCUT2D eigenvalue weighted by molar-refractivity contribution is -0.157. The van der Waals surface area contributed by atoms with E-state index in [0.29, 0.717) is 31.0 Å². The van der Waals surface area contributed by atoms with E-state index >= 15 is 0 Å². The number of carbonyl (C=O) groups excluding carboxylic acids is 4. The number of piperazine rings is 1. The van der Waals surface area contributed by atoms with E-state index < -0.39 is 17.8 Å². The molecule has 2 saturated heterocycles. The molecule has 32 heavy (non-hydrogen) atoms. The Balaban J connectivity index is 1.47. The highest BCUT2D eigenvalue weighted by Crippen LogP contribution is 2.18. The summed E-state index contributed by atoms with van der Waals surface area (Å²) < 4.78 is 10.4. The van der Waals surface area contributed by atoms with Crippen LogP contribution in [0.15, 0.2) is 24.3 Å². The molecule has 1 aromatic carbocycles. The first-order chi connectivity index (χ1) is 15.5. The lowest BCUT2D eigenvalue weighted by Gasteiger charge is -2.39. The number of hydrogen-bond donors (Lipinski definition) is 1. The lowest BCUT2D eigenvalue weighted by Crippen LogP contribution is -2.59. The van der Waals surface area contributed by atoms with Gasteiger partial charge in [-0.15, -0.1) is 0 Å². The highest BCUT2D eigenvalue weighted by atomic mass is 16.6. The van der Waals surface area contributed by atoms with Crippen molar-refractivity contribution in [1.29, 1.82) is 0 Å². The average Bonchev–Trinajstić information content (AvgIpc) is 2.82. The number of esters is 1. The van der Waals surface area contributed by atoms with Crippen LogP contribution in [0.1, 0.15) is 43.0 Å². The molecule has 9 nitrogen and oxygen atoms in total. The fraction of sp³-hybridized carbons (Fsp3) is 0.565.